The first-order chi connectivity index (χ1) is 17.1. The first kappa shape index (κ1) is 25.0. The van der Waals surface area contributed by atoms with Crippen LogP contribution < -0.4 is 14.8 Å². The predicted octanol–water partition coefficient (Wildman–Crippen LogP) is 3.38. The number of hydrogen-bond donors (Lipinski definition) is 1. The zero-order valence-corrected chi connectivity index (χ0v) is 20.9. The Balaban J connectivity index is 1.33. The molecule has 1 aliphatic carbocycles. The quantitative estimate of drug-likeness (QED) is 0.597. The van der Waals surface area contributed by atoms with Crippen molar-refractivity contribution in [2.75, 3.05) is 46.9 Å². The number of ether oxygens (including phenoxy) is 2. The Morgan fingerprint density at radius 1 is 0.943 bits per heavy atom. The number of nitrogens with one attached hydrogen (secondary N) is 1. The van der Waals surface area contributed by atoms with E-state index in [2.05, 4.69) is 10.2 Å². The van der Waals surface area contributed by atoms with E-state index in [0.717, 1.165) is 25.0 Å². The summed E-state index contributed by atoms with van der Waals surface area (Å²) < 4.78 is 10.5. The minimum absolute atomic E-state index is 0.0184. The molecular weight excluding hydrogens is 442 g/mol. The van der Waals surface area contributed by atoms with E-state index in [9.17, 15) is 9.59 Å². The van der Waals surface area contributed by atoms with Crippen LogP contribution in [0, 0.1) is 5.92 Å². The average molecular weight is 480 g/mol. The first-order valence-electron chi connectivity index (χ1n) is 12.7. The summed E-state index contributed by atoms with van der Waals surface area (Å²) in [7, 11) is 3.26. The molecule has 0 bridgehead atoms. The van der Waals surface area contributed by atoms with Gasteiger partial charge in [-0.05, 0) is 61.1 Å². The van der Waals surface area contributed by atoms with Gasteiger partial charge < -0.3 is 19.7 Å². The monoisotopic (exact) mass is 479 g/mol. The Labute approximate surface area is 208 Å². The van der Waals surface area contributed by atoms with Crippen LogP contribution in [0.1, 0.15) is 41.6 Å². The molecule has 2 fully saturated rings. The molecule has 2 aromatic carbocycles. The highest BCUT2D eigenvalue weighted by Crippen LogP contribution is 2.31. The number of nitrogens with zero attached hydrogens (tertiary/aromatic N) is 2. The summed E-state index contributed by atoms with van der Waals surface area (Å²) >= 11 is 0. The number of amides is 2. The van der Waals surface area contributed by atoms with Crippen LogP contribution in [0.25, 0.3) is 0 Å². The highest BCUT2D eigenvalue weighted by atomic mass is 16.5. The third kappa shape index (κ3) is 6.34. The standard InChI is InChI=1S/C28H37N3O4/c1-34-24-12-10-21(11-13-24)14-15-29-27(32)26(22-6-3-4-7-22)30-16-18-31(19-17-30)28(33)23-8-5-9-25(20-23)35-2/h5,8-13,20,22,26H,3-4,6-7,14-19H2,1-2H3,(H,29,32)/t26-/m1/s1. The summed E-state index contributed by atoms with van der Waals surface area (Å²) in [5, 5.41) is 3.20. The molecular formula is C28H37N3O4. The average Bonchev–Trinajstić information content (AvgIpc) is 3.43. The first-order valence-corrected chi connectivity index (χ1v) is 12.7. The maximum absolute atomic E-state index is 13.4. The maximum atomic E-state index is 13.4. The van der Waals surface area contributed by atoms with Crippen LogP contribution in [-0.2, 0) is 11.2 Å². The second-order valence-electron chi connectivity index (χ2n) is 9.44. The van der Waals surface area contributed by atoms with Gasteiger partial charge in [0.05, 0.1) is 20.3 Å². The molecule has 1 N–H and O–H groups in total. The van der Waals surface area contributed by atoms with Crippen molar-refractivity contribution in [1.82, 2.24) is 15.1 Å². The lowest BCUT2D eigenvalue weighted by Gasteiger charge is -2.40. The van der Waals surface area contributed by atoms with E-state index < -0.39 is 0 Å². The third-order valence-corrected chi connectivity index (χ3v) is 7.30. The topological polar surface area (TPSA) is 71.1 Å². The second kappa shape index (κ2) is 12.1. The van der Waals surface area contributed by atoms with E-state index in [1.165, 1.54) is 18.4 Å². The minimum atomic E-state index is -0.123. The minimum Gasteiger partial charge on any atom is -0.497 e. The molecule has 7 heteroatoms. The molecule has 4 rings (SSSR count). The van der Waals surface area contributed by atoms with Crippen LogP contribution in [0.3, 0.4) is 0 Å². The molecule has 1 aliphatic heterocycles. The fraction of sp³-hybridized carbons (Fsp3) is 0.500. The lowest BCUT2D eigenvalue weighted by Crippen LogP contribution is -2.58. The highest BCUT2D eigenvalue weighted by Gasteiger charge is 2.37. The van der Waals surface area contributed by atoms with Gasteiger partial charge in [-0.2, -0.15) is 0 Å². The van der Waals surface area contributed by atoms with Crippen molar-refractivity contribution >= 4 is 11.8 Å². The molecule has 0 spiro atoms. The number of piperazine rings is 1. The fourth-order valence-corrected chi connectivity index (χ4v) is 5.32. The Bertz CT molecular complexity index is 980. The van der Waals surface area contributed by atoms with E-state index in [0.29, 0.717) is 50.0 Å². The van der Waals surface area contributed by atoms with Crippen LogP contribution >= 0.6 is 0 Å². The van der Waals surface area contributed by atoms with Gasteiger partial charge in [0, 0.05) is 38.3 Å². The summed E-state index contributed by atoms with van der Waals surface area (Å²) in [5.74, 6) is 2.05. The van der Waals surface area contributed by atoms with Gasteiger partial charge in [0.25, 0.3) is 5.91 Å². The summed E-state index contributed by atoms with van der Waals surface area (Å²) in [6, 6.07) is 15.2. The van der Waals surface area contributed by atoms with Crippen molar-refractivity contribution in [2.45, 2.75) is 38.1 Å². The SMILES string of the molecule is COc1ccc(CCNC(=O)[C@@H](C2CCCC2)N2CCN(C(=O)c3cccc(OC)c3)CC2)cc1. The summed E-state index contributed by atoms with van der Waals surface area (Å²) in [6.07, 6.45) is 5.36. The Kier molecular flexibility index (Phi) is 8.64. The molecule has 2 aromatic rings. The molecule has 2 aliphatic rings. The molecule has 1 saturated heterocycles. The van der Waals surface area contributed by atoms with Crippen LogP contribution in [0.15, 0.2) is 48.5 Å². The van der Waals surface area contributed by atoms with Gasteiger partial charge in [0.15, 0.2) is 0 Å². The Morgan fingerprint density at radius 3 is 2.29 bits per heavy atom. The van der Waals surface area contributed by atoms with Gasteiger partial charge in [0.2, 0.25) is 5.91 Å². The van der Waals surface area contributed by atoms with E-state index in [1.54, 1.807) is 20.3 Å². The molecule has 1 saturated carbocycles. The normalized spacial score (nSPS) is 17.7. The molecule has 0 unspecified atom stereocenters. The Hall–Kier alpha value is -3.06. The van der Waals surface area contributed by atoms with Crippen LogP contribution in [0.5, 0.6) is 11.5 Å². The molecule has 2 amide bonds. The predicted molar refractivity (Wildman–Crippen MR) is 136 cm³/mol. The van der Waals surface area contributed by atoms with Crippen molar-refractivity contribution in [1.29, 1.82) is 0 Å². The number of rotatable bonds is 9. The van der Waals surface area contributed by atoms with Crippen LogP contribution in [-0.4, -0.2) is 74.6 Å². The second-order valence-corrected chi connectivity index (χ2v) is 9.44. The Morgan fingerprint density at radius 2 is 1.63 bits per heavy atom. The number of carbonyl (C=O) groups excluding carboxylic acids is 2. The van der Waals surface area contributed by atoms with E-state index in [4.69, 9.17) is 9.47 Å². The van der Waals surface area contributed by atoms with Gasteiger partial charge in [-0.25, -0.2) is 0 Å². The van der Waals surface area contributed by atoms with Crippen molar-refractivity contribution in [3.05, 3.63) is 59.7 Å². The molecule has 1 atom stereocenters. The maximum Gasteiger partial charge on any atom is 0.254 e. The number of methoxy groups -OCH3 is 2. The molecule has 35 heavy (non-hydrogen) atoms. The van der Waals surface area contributed by atoms with Crippen molar-refractivity contribution in [3.63, 3.8) is 0 Å². The molecule has 1 heterocycles. The smallest absolute Gasteiger partial charge is 0.254 e. The number of hydrogen-bond acceptors (Lipinski definition) is 5. The summed E-state index contributed by atoms with van der Waals surface area (Å²) in [4.78, 5) is 30.6. The lowest BCUT2D eigenvalue weighted by atomic mass is 9.94. The molecule has 188 valence electrons. The zero-order chi connectivity index (χ0) is 24.6. The highest BCUT2D eigenvalue weighted by molar-refractivity contribution is 5.94. The van der Waals surface area contributed by atoms with E-state index >= 15 is 0 Å². The zero-order valence-electron chi connectivity index (χ0n) is 20.9. The molecule has 0 aromatic heterocycles. The van der Waals surface area contributed by atoms with Gasteiger partial charge in [-0.15, -0.1) is 0 Å². The fourth-order valence-electron chi connectivity index (χ4n) is 5.32. The van der Waals surface area contributed by atoms with Crippen molar-refractivity contribution in [2.24, 2.45) is 5.92 Å². The van der Waals surface area contributed by atoms with Crippen molar-refractivity contribution < 1.29 is 19.1 Å². The van der Waals surface area contributed by atoms with Crippen LogP contribution in [0.2, 0.25) is 0 Å². The van der Waals surface area contributed by atoms with Gasteiger partial charge in [-0.1, -0.05) is 31.0 Å². The van der Waals surface area contributed by atoms with Crippen molar-refractivity contribution in [3.8, 4) is 11.5 Å². The van der Waals surface area contributed by atoms with Crippen LogP contribution in [0.4, 0.5) is 0 Å². The summed E-state index contributed by atoms with van der Waals surface area (Å²) in [6.45, 7) is 3.28. The summed E-state index contributed by atoms with van der Waals surface area (Å²) in [5.41, 5.74) is 1.81. The van der Waals surface area contributed by atoms with E-state index in [-0.39, 0.29) is 17.9 Å². The van der Waals surface area contributed by atoms with Gasteiger partial charge in [0.1, 0.15) is 11.5 Å². The number of carbonyl (C=O) groups is 2. The van der Waals surface area contributed by atoms with Gasteiger partial charge in [-0.3, -0.25) is 14.5 Å². The number of benzene rings is 2. The molecule has 0 radical (unpaired) electrons. The van der Waals surface area contributed by atoms with Gasteiger partial charge >= 0.3 is 0 Å². The lowest BCUT2D eigenvalue weighted by molar-refractivity contribution is -0.129. The van der Waals surface area contributed by atoms with E-state index in [1.807, 2.05) is 47.4 Å². The molecule has 7 nitrogen and oxygen atoms in total. The largest absolute Gasteiger partial charge is 0.497 e. The third-order valence-electron chi connectivity index (χ3n) is 7.30.